The molecule has 0 unspecified atom stereocenters. The Labute approximate surface area is 208 Å². The first-order valence-electron chi connectivity index (χ1n) is 9.85. The van der Waals surface area contributed by atoms with Crippen molar-refractivity contribution in [1.29, 1.82) is 0 Å². The number of hydrogen-bond acceptors (Lipinski definition) is 5. The molecule has 11 heteroatoms. The molecular formula is C22H20BrCl2N3O5. The third kappa shape index (κ3) is 6.04. The molecule has 2 aromatic rings. The van der Waals surface area contributed by atoms with E-state index in [0.717, 1.165) is 20.6 Å². The van der Waals surface area contributed by atoms with E-state index in [1.54, 1.807) is 6.07 Å². The summed E-state index contributed by atoms with van der Waals surface area (Å²) in [5.41, 5.74) is 5.05. The number of hydrazine groups is 1. The Hall–Kier alpha value is -2.62. The van der Waals surface area contributed by atoms with E-state index in [1.807, 2.05) is 19.9 Å². The lowest BCUT2D eigenvalue weighted by molar-refractivity contribution is -0.151. The normalized spacial score (nSPS) is 15.4. The maximum absolute atomic E-state index is 12.4. The van der Waals surface area contributed by atoms with Gasteiger partial charge in [-0.2, -0.15) is 0 Å². The number of anilines is 1. The zero-order valence-corrected chi connectivity index (χ0v) is 20.8. The summed E-state index contributed by atoms with van der Waals surface area (Å²) in [6, 6.07) is 7.89. The first kappa shape index (κ1) is 25.0. The smallest absolute Gasteiger partial charge is 0.311 e. The molecule has 1 saturated heterocycles. The Bertz CT molecular complexity index is 1140. The van der Waals surface area contributed by atoms with Gasteiger partial charge in [0, 0.05) is 21.6 Å². The summed E-state index contributed by atoms with van der Waals surface area (Å²) in [5.74, 6) is -3.09. The van der Waals surface area contributed by atoms with Crippen molar-refractivity contribution in [2.24, 2.45) is 5.92 Å². The summed E-state index contributed by atoms with van der Waals surface area (Å²) < 4.78 is 6.01. The molecule has 2 aromatic carbocycles. The van der Waals surface area contributed by atoms with Gasteiger partial charge in [0.1, 0.15) is 0 Å². The van der Waals surface area contributed by atoms with E-state index in [4.69, 9.17) is 27.9 Å². The number of carbonyl (C=O) groups is 4. The fraction of sp³-hybridized carbons (Fsp3) is 0.273. The number of carbonyl (C=O) groups excluding carboxylic acids is 4. The van der Waals surface area contributed by atoms with E-state index in [-0.39, 0.29) is 23.6 Å². The summed E-state index contributed by atoms with van der Waals surface area (Å²) in [6.07, 6.45) is -0.153. The summed E-state index contributed by atoms with van der Waals surface area (Å²) in [5, 5.41) is 4.23. The number of nitrogens with zero attached hydrogens (tertiary/aromatic N) is 1. The van der Waals surface area contributed by atoms with Gasteiger partial charge >= 0.3 is 5.97 Å². The van der Waals surface area contributed by atoms with Crippen molar-refractivity contribution < 1.29 is 23.9 Å². The van der Waals surface area contributed by atoms with Crippen molar-refractivity contribution in [3.05, 3.63) is 61.5 Å². The van der Waals surface area contributed by atoms with Crippen molar-refractivity contribution in [1.82, 2.24) is 10.4 Å². The average Bonchev–Trinajstić information content (AvgIpc) is 3.12. The lowest BCUT2D eigenvalue weighted by Crippen LogP contribution is -2.43. The van der Waals surface area contributed by atoms with Gasteiger partial charge in [-0.1, -0.05) is 39.1 Å². The molecule has 2 N–H and O–H groups in total. The van der Waals surface area contributed by atoms with Crippen LogP contribution in [0.2, 0.25) is 10.0 Å². The lowest BCUT2D eigenvalue weighted by Gasteiger charge is -2.18. The maximum Gasteiger partial charge on any atom is 0.311 e. The third-order valence-electron chi connectivity index (χ3n) is 5.21. The minimum Gasteiger partial charge on any atom is -0.455 e. The van der Waals surface area contributed by atoms with Gasteiger partial charge in [0.05, 0.1) is 23.0 Å². The number of nitrogens with one attached hydrogen (secondary N) is 2. The molecule has 3 amide bonds. The van der Waals surface area contributed by atoms with Crippen molar-refractivity contribution in [3.63, 3.8) is 0 Å². The molecule has 1 aliphatic heterocycles. The molecule has 33 heavy (non-hydrogen) atoms. The van der Waals surface area contributed by atoms with Crippen molar-refractivity contribution in [2.75, 3.05) is 18.5 Å². The summed E-state index contributed by atoms with van der Waals surface area (Å²) >= 11 is 15.3. The fourth-order valence-electron chi connectivity index (χ4n) is 3.19. The SMILES string of the molecule is Cc1c(Br)ccc(NC(=O)COC(=O)[C@H]2CC(=O)N(NC(=O)c3ccc(Cl)cc3Cl)C2)c1C. The van der Waals surface area contributed by atoms with Crippen molar-refractivity contribution in [3.8, 4) is 0 Å². The molecule has 0 aliphatic carbocycles. The second-order valence-corrected chi connectivity index (χ2v) is 9.17. The second-order valence-electron chi connectivity index (χ2n) is 7.47. The standard InChI is InChI=1S/C22H20BrCl2N3O5/c1-11-12(2)18(6-5-16(11)23)26-19(29)10-33-22(32)13-7-20(30)28(9-13)27-21(31)15-4-3-14(24)8-17(15)25/h3-6,8,13H,7,9-10H2,1-2H3,(H,26,29)(H,27,31)/t13-/m0/s1. The van der Waals surface area contributed by atoms with Crippen LogP contribution in [0.15, 0.2) is 34.8 Å². The Kier molecular flexibility index (Phi) is 7.99. The largest absolute Gasteiger partial charge is 0.455 e. The molecule has 0 radical (unpaired) electrons. The molecule has 1 aliphatic rings. The monoisotopic (exact) mass is 555 g/mol. The first-order chi connectivity index (χ1) is 15.6. The van der Waals surface area contributed by atoms with Crippen LogP contribution in [0.4, 0.5) is 5.69 Å². The molecule has 8 nitrogen and oxygen atoms in total. The van der Waals surface area contributed by atoms with Crippen LogP contribution in [-0.4, -0.2) is 41.9 Å². The van der Waals surface area contributed by atoms with E-state index < -0.39 is 36.2 Å². The second kappa shape index (κ2) is 10.5. The zero-order valence-electron chi connectivity index (χ0n) is 17.7. The fourth-order valence-corrected chi connectivity index (χ4v) is 4.12. The highest BCUT2D eigenvalue weighted by Crippen LogP contribution is 2.26. The summed E-state index contributed by atoms with van der Waals surface area (Å²) in [7, 11) is 0. The maximum atomic E-state index is 12.4. The Balaban J connectivity index is 1.52. The quantitative estimate of drug-likeness (QED) is 0.522. The molecule has 0 saturated carbocycles. The minimum atomic E-state index is -0.817. The lowest BCUT2D eigenvalue weighted by atomic mass is 10.1. The van der Waals surface area contributed by atoms with Gasteiger partial charge in [0.2, 0.25) is 5.91 Å². The molecular weight excluding hydrogens is 537 g/mol. The van der Waals surface area contributed by atoms with Crippen LogP contribution in [-0.2, 0) is 19.1 Å². The minimum absolute atomic E-state index is 0.0821. The van der Waals surface area contributed by atoms with Gasteiger partial charge in [-0.05, 0) is 55.3 Å². The van der Waals surface area contributed by atoms with Gasteiger partial charge in [-0.15, -0.1) is 0 Å². The zero-order chi connectivity index (χ0) is 24.3. The van der Waals surface area contributed by atoms with E-state index in [9.17, 15) is 19.2 Å². The van der Waals surface area contributed by atoms with Gasteiger partial charge < -0.3 is 10.1 Å². The Morgan fingerprint density at radius 2 is 1.88 bits per heavy atom. The Morgan fingerprint density at radius 1 is 1.15 bits per heavy atom. The molecule has 0 aromatic heterocycles. The van der Waals surface area contributed by atoms with Crippen LogP contribution in [0.1, 0.15) is 27.9 Å². The molecule has 3 rings (SSSR count). The van der Waals surface area contributed by atoms with Crippen LogP contribution < -0.4 is 10.7 Å². The van der Waals surface area contributed by atoms with E-state index >= 15 is 0 Å². The highest BCUT2D eigenvalue weighted by atomic mass is 79.9. The summed E-state index contributed by atoms with van der Waals surface area (Å²) in [6.45, 7) is 3.20. The van der Waals surface area contributed by atoms with E-state index in [0.29, 0.717) is 10.7 Å². The molecule has 0 spiro atoms. The number of halogens is 3. The van der Waals surface area contributed by atoms with Crippen LogP contribution in [0.5, 0.6) is 0 Å². The van der Waals surface area contributed by atoms with Crippen LogP contribution in [0.3, 0.4) is 0 Å². The highest BCUT2D eigenvalue weighted by Gasteiger charge is 2.37. The topological polar surface area (TPSA) is 105 Å². The van der Waals surface area contributed by atoms with Gasteiger partial charge in [-0.3, -0.25) is 29.6 Å². The van der Waals surface area contributed by atoms with Crippen LogP contribution >= 0.6 is 39.1 Å². The first-order valence-corrected chi connectivity index (χ1v) is 11.4. The molecule has 1 heterocycles. The summed E-state index contributed by atoms with van der Waals surface area (Å²) in [4.78, 5) is 49.2. The van der Waals surface area contributed by atoms with Crippen LogP contribution in [0, 0.1) is 19.8 Å². The highest BCUT2D eigenvalue weighted by molar-refractivity contribution is 9.10. The third-order valence-corrected chi connectivity index (χ3v) is 6.62. The van der Waals surface area contributed by atoms with Crippen LogP contribution in [0.25, 0.3) is 0 Å². The number of amides is 3. The van der Waals surface area contributed by atoms with Gasteiger partial charge in [0.15, 0.2) is 6.61 Å². The van der Waals surface area contributed by atoms with Crippen molar-refractivity contribution >= 4 is 68.5 Å². The Morgan fingerprint density at radius 3 is 2.58 bits per heavy atom. The molecule has 1 fully saturated rings. The van der Waals surface area contributed by atoms with E-state index in [2.05, 4.69) is 26.7 Å². The van der Waals surface area contributed by atoms with E-state index in [1.165, 1.54) is 18.2 Å². The van der Waals surface area contributed by atoms with Crippen molar-refractivity contribution in [2.45, 2.75) is 20.3 Å². The number of rotatable bonds is 6. The number of hydrogen-bond donors (Lipinski definition) is 2. The van der Waals surface area contributed by atoms with Gasteiger partial charge in [0.25, 0.3) is 11.8 Å². The predicted octanol–water partition coefficient (Wildman–Crippen LogP) is 4.05. The predicted molar refractivity (Wildman–Crippen MR) is 127 cm³/mol. The number of ether oxygens (including phenoxy) is 1. The molecule has 1 atom stereocenters. The number of esters is 1. The molecule has 174 valence electrons. The average molecular weight is 557 g/mol. The van der Waals surface area contributed by atoms with Gasteiger partial charge in [-0.25, -0.2) is 0 Å². The molecule has 0 bridgehead atoms. The number of benzene rings is 2.